The predicted molar refractivity (Wildman–Crippen MR) is 36.6 cm³/mol. The van der Waals surface area contributed by atoms with E-state index in [-0.39, 0.29) is 0 Å². The number of rotatable bonds is 3. The molecule has 0 aliphatic heterocycles. The van der Waals surface area contributed by atoms with Crippen LogP contribution >= 0.6 is 11.9 Å². The van der Waals surface area contributed by atoms with Gasteiger partial charge in [0.05, 0.1) is 19.0 Å². The van der Waals surface area contributed by atoms with E-state index in [4.69, 9.17) is 11.9 Å². The van der Waals surface area contributed by atoms with Crippen molar-refractivity contribution in [2.45, 2.75) is 12.2 Å². The Labute approximate surface area is 66.3 Å². The number of hydrogen-bond donors (Lipinski definition) is 0. The predicted octanol–water partition coefficient (Wildman–Crippen LogP) is 0.382. The lowest BCUT2D eigenvalue weighted by Gasteiger charge is -2.03. The van der Waals surface area contributed by atoms with Crippen LogP contribution in [0.25, 0.3) is 0 Å². The molecule has 0 aromatic rings. The Kier molecular flexibility index (Phi) is 4.59. The van der Waals surface area contributed by atoms with Crippen molar-refractivity contribution >= 4 is 28.9 Å². The van der Waals surface area contributed by atoms with E-state index >= 15 is 0 Å². The topological polar surface area (TPSA) is 52.6 Å². The summed E-state index contributed by atoms with van der Waals surface area (Å²) in [7, 11) is 1.20. The molecular weight excluding hydrogens is 180 g/mol. The standard InChI is InChI=1S/C4H7ClO4S/c1-3(4(6)8-2)10(7)9-5/h3H,1-2H3/t3-,10?/m0/s1. The molecule has 4 nitrogen and oxygen atoms in total. The molecular formula is C4H7ClO4S. The highest BCUT2D eigenvalue weighted by atomic mass is 35.5. The van der Waals surface area contributed by atoms with Crippen LogP contribution in [0, 0.1) is 0 Å². The van der Waals surface area contributed by atoms with Gasteiger partial charge in [-0.15, -0.1) is 0 Å². The molecule has 0 aromatic carbocycles. The Balaban J connectivity index is 3.94. The van der Waals surface area contributed by atoms with Crippen molar-refractivity contribution in [1.82, 2.24) is 0 Å². The summed E-state index contributed by atoms with van der Waals surface area (Å²) in [6.45, 7) is 1.39. The van der Waals surface area contributed by atoms with Gasteiger partial charge >= 0.3 is 5.97 Å². The number of methoxy groups -OCH3 is 1. The second-order valence-electron chi connectivity index (χ2n) is 1.49. The monoisotopic (exact) mass is 186 g/mol. The number of ether oxygens (including phenoxy) is 1. The van der Waals surface area contributed by atoms with Gasteiger partial charge in [0.15, 0.2) is 16.3 Å². The van der Waals surface area contributed by atoms with E-state index in [2.05, 4.69) is 8.47 Å². The van der Waals surface area contributed by atoms with Gasteiger partial charge in [-0.1, -0.05) is 0 Å². The average Bonchev–Trinajstić information content (AvgIpc) is 2.00. The lowest BCUT2D eigenvalue weighted by molar-refractivity contribution is -0.139. The third kappa shape index (κ3) is 2.64. The smallest absolute Gasteiger partial charge is 0.323 e. The molecule has 0 aromatic heterocycles. The van der Waals surface area contributed by atoms with Crippen LogP contribution in [0.1, 0.15) is 6.92 Å². The van der Waals surface area contributed by atoms with Gasteiger partial charge in [-0.05, 0) is 6.92 Å². The van der Waals surface area contributed by atoms with E-state index in [1.54, 1.807) is 0 Å². The fourth-order valence-electron chi connectivity index (χ4n) is 0.299. The lowest BCUT2D eigenvalue weighted by Crippen LogP contribution is -2.23. The lowest BCUT2D eigenvalue weighted by atomic mass is 10.5. The van der Waals surface area contributed by atoms with Gasteiger partial charge in [0.25, 0.3) is 0 Å². The molecule has 6 heteroatoms. The van der Waals surface area contributed by atoms with E-state index in [1.807, 2.05) is 0 Å². The van der Waals surface area contributed by atoms with Gasteiger partial charge in [0.1, 0.15) is 0 Å². The zero-order valence-electron chi connectivity index (χ0n) is 5.50. The highest BCUT2D eigenvalue weighted by molar-refractivity contribution is 7.82. The maximum absolute atomic E-state index is 10.6. The Morgan fingerprint density at radius 3 is 2.50 bits per heavy atom. The van der Waals surface area contributed by atoms with Crippen molar-refractivity contribution in [2.75, 3.05) is 7.11 Å². The Morgan fingerprint density at radius 2 is 2.20 bits per heavy atom. The summed E-state index contributed by atoms with van der Waals surface area (Å²) in [6.07, 6.45) is 0. The van der Waals surface area contributed by atoms with E-state index in [0.29, 0.717) is 0 Å². The third-order valence-corrected chi connectivity index (χ3v) is 2.15. The first-order valence-corrected chi connectivity index (χ1v) is 3.85. The molecule has 0 N–H and O–H groups in total. The highest BCUT2D eigenvalue weighted by Gasteiger charge is 2.21. The molecule has 0 rings (SSSR count). The van der Waals surface area contributed by atoms with Crippen molar-refractivity contribution in [3.05, 3.63) is 0 Å². The molecule has 0 bridgehead atoms. The van der Waals surface area contributed by atoms with Crippen LogP contribution in [-0.2, 0) is 24.3 Å². The Hall–Kier alpha value is -0.130. The zero-order chi connectivity index (χ0) is 8.15. The largest absolute Gasteiger partial charge is 0.468 e. The van der Waals surface area contributed by atoms with Crippen LogP contribution < -0.4 is 0 Å². The molecule has 0 fully saturated rings. The zero-order valence-corrected chi connectivity index (χ0v) is 7.07. The molecule has 0 amide bonds. The van der Waals surface area contributed by atoms with Crippen molar-refractivity contribution in [1.29, 1.82) is 0 Å². The molecule has 0 heterocycles. The number of halogens is 1. The van der Waals surface area contributed by atoms with Crippen LogP contribution in [0.4, 0.5) is 0 Å². The average molecular weight is 187 g/mol. The molecule has 0 spiro atoms. The first-order valence-electron chi connectivity index (χ1n) is 2.41. The number of carbonyl (C=O) groups excluding carboxylic acids is 1. The molecule has 2 atom stereocenters. The summed E-state index contributed by atoms with van der Waals surface area (Å²) in [5, 5.41) is -0.845. The quantitative estimate of drug-likeness (QED) is 0.598. The molecule has 0 aliphatic carbocycles. The van der Waals surface area contributed by atoms with Crippen LogP contribution in [0.15, 0.2) is 0 Å². The molecule has 0 radical (unpaired) electrons. The minimum absolute atomic E-state index is 0.612. The van der Waals surface area contributed by atoms with Gasteiger partial charge in [-0.3, -0.25) is 4.79 Å². The highest BCUT2D eigenvalue weighted by Crippen LogP contribution is 2.01. The normalized spacial score (nSPS) is 15.9. The molecule has 0 saturated carbocycles. The summed E-state index contributed by atoms with van der Waals surface area (Å²) < 4.78 is 18.7. The fourth-order valence-corrected chi connectivity index (χ4v) is 0.989. The fraction of sp³-hybridized carbons (Fsp3) is 0.750. The van der Waals surface area contributed by atoms with E-state index < -0.39 is 22.3 Å². The SMILES string of the molecule is COC(=O)[C@H](C)S(=O)OCl. The molecule has 60 valence electrons. The molecule has 10 heavy (non-hydrogen) atoms. The third-order valence-electron chi connectivity index (χ3n) is 0.884. The Morgan fingerprint density at radius 1 is 1.70 bits per heavy atom. The molecule has 0 aliphatic rings. The summed E-state index contributed by atoms with van der Waals surface area (Å²) in [5.41, 5.74) is 0. The van der Waals surface area contributed by atoms with Crippen molar-refractivity contribution in [2.24, 2.45) is 0 Å². The van der Waals surface area contributed by atoms with Crippen molar-refractivity contribution < 1.29 is 17.5 Å². The van der Waals surface area contributed by atoms with E-state index in [1.165, 1.54) is 14.0 Å². The van der Waals surface area contributed by atoms with Gasteiger partial charge in [0.2, 0.25) is 0 Å². The summed E-state index contributed by atoms with van der Waals surface area (Å²) in [5.74, 6) is -0.612. The number of carbonyl (C=O) groups is 1. The van der Waals surface area contributed by atoms with Crippen molar-refractivity contribution in [3.63, 3.8) is 0 Å². The second kappa shape index (κ2) is 4.65. The van der Waals surface area contributed by atoms with Crippen LogP contribution in [0.3, 0.4) is 0 Å². The number of hydrogen-bond acceptors (Lipinski definition) is 4. The summed E-state index contributed by atoms with van der Waals surface area (Å²) in [6, 6.07) is 0. The van der Waals surface area contributed by atoms with Gasteiger partial charge in [-0.25, -0.2) is 4.21 Å². The molecule has 0 saturated heterocycles. The maximum atomic E-state index is 10.6. The van der Waals surface area contributed by atoms with Gasteiger partial charge in [0, 0.05) is 0 Å². The maximum Gasteiger partial charge on any atom is 0.323 e. The van der Waals surface area contributed by atoms with Crippen LogP contribution in [0.2, 0.25) is 0 Å². The summed E-state index contributed by atoms with van der Waals surface area (Å²) >= 11 is 2.93. The van der Waals surface area contributed by atoms with Gasteiger partial charge in [-0.2, -0.15) is 3.74 Å². The van der Waals surface area contributed by atoms with E-state index in [9.17, 15) is 9.00 Å². The second-order valence-corrected chi connectivity index (χ2v) is 3.22. The van der Waals surface area contributed by atoms with E-state index in [0.717, 1.165) is 0 Å². The molecule has 1 unspecified atom stereocenters. The van der Waals surface area contributed by atoms with Crippen LogP contribution in [0.5, 0.6) is 0 Å². The first kappa shape index (κ1) is 9.87. The minimum Gasteiger partial charge on any atom is -0.468 e. The minimum atomic E-state index is -1.81. The Bertz CT molecular complexity index is 132. The first-order chi connectivity index (χ1) is 4.63. The summed E-state index contributed by atoms with van der Waals surface area (Å²) in [4.78, 5) is 10.6. The van der Waals surface area contributed by atoms with Crippen molar-refractivity contribution in [3.8, 4) is 0 Å². The van der Waals surface area contributed by atoms with Crippen LogP contribution in [-0.4, -0.2) is 22.5 Å². The number of esters is 1. The van der Waals surface area contributed by atoms with Gasteiger partial charge < -0.3 is 4.74 Å².